The quantitative estimate of drug-likeness (QED) is 0.685. The molecule has 0 aromatic carbocycles. The van der Waals surface area contributed by atoms with Crippen LogP contribution in [0.4, 0.5) is 0 Å². The highest BCUT2D eigenvalue weighted by Gasteiger charge is 2.71. The molecule has 1 saturated heterocycles. The summed E-state index contributed by atoms with van der Waals surface area (Å²) in [6.07, 6.45) is 0.894. The minimum atomic E-state index is -0.465. The lowest BCUT2D eigenvalue weighted by Crippen LogP contribution is -2.82. The van der Waals surface area contributed by atoms with Crippen molar-refractivity contribution in [2.75, 3.05) is 6.61 Å². The van der Waals surface area contributed by atoms with Gasteiger partial charge in [-0.1, -0.05) is 13.8 Å². The summed E-state index contributed by atoms with van der Waals surface area (Å²) in [7, 11) is 0. The van der Waals surface area contributed by atoms with Gasteiger partial charge in [-0.3, -0.25) is 0 Å². The predicted octanol–water partition coefficient (Wildman–Crippen LogP) is 0.622. The van der Waals surface area contributed by atoms with Crippen LogP contribution in [0.5, 0.6) is 0 Å². The van der Waals surface area contributed by atoms with Crippen molar-refractivity contribution in [3.63, 3.8) is 0 Å². The van der Waals surface area contributed by atoms with E-state index in [4.69, 9.17) is 4.74 Å². The van der Waals surface area contributed by atoms with E-state index < -0.39 is 5.54 Å². The highest BCUT2D eigenvalue weighted by Crippen LogP contribution is 2.54. The second-order valence-corrected chi connectivity index (χ2v) is 4.27. The van der Waals surface area contributed by atoms with E-state index in [2.05, 4.69) is 10.3 Å². The van der Waals surface area contributed by atoms with Gasteiger partial charge in [0.25, 0.3) is 0 Å². The SMILES string of the molecule is CCOC1CC2(NOC2=O)C1(C)C. The molecule has 4 nitrogen and oxygen atoms in total. The van der Waals surface area contributed by atoms with Crippen LogP contribution in [-0.2, 0) is 14.4 Å². The van der Waals surface area contributed by atoms with Gasteiger partial charge in [-0.25, -0.2) is 4.79 Å². The third-order valence-electron chi connectivity index (χ3n) is 3.43. The Bertz CT molecular complexity index is 251. The van der Waals surface area contributed by atoms with Crippen molar-refractivity contribution in [2.24, 2.45) is 5.41 Å². The van der Waals surface area contributed by atoms with Crippen molar-refractivity contribution < 1.29 is 14.4 Å². The molecule has 1 heterocycles. The van der Waals surface area contributed by atoms with Gasteiger partial charge in [0.1, 0.15) is 0 Å². The molecule has 4 heteroatoms. The topological polar surface area (TPSA) is 47.6 Å². The minimum Gasteiger partial charge on any atom is -0.378 e. The van der Waals surface area contributed by atoms with E-state index in [1.165, 1.54) is 0 Å². The van der Waals surface area contributed by atoms with E-state index in [-0.39, 0.29) is 17.5 Å². The van der Waals surface area contributed by atoms with E-state index >= 15 is 0 Å². The highest BCUT2D eigenvalue weighted by atomic mass is 16.7. The van der Waals surface area contributed by atoms with Gasteiger partial charge in [0.2, 0.25) is 0 Å². The van der Waals surface area contributed by atoms with Crippen molar-refractivity contribution in [1.29, 1.82) is 0 Å². The molecule has 0 amide bonds. The van der Waals surface area contributed by atoms with Crippen molar-refractivity contribution >= 4 is 5.97 Å². The third-order valence-corrected chi connectivity index (χ3v) is 3.43. The largest absolute Gasteiger partial charge is 0.378 e. The molecule has 1 saturated carbocycles. The molecule has 0 bridgehead atoms. The van der Waals surface area contributed by atoms with Gasteiger partial charge in [0, 0.05) is 18.4 Å². The molecule has 2 rings (SSSR count). The van der Waals surface area contributed by atoms with Crippen LogP contribution >= 0.6 is 0 Å². The average Bonchev–Trinajstić information content (AvgIpc) is 2.08. The lowest BCUT2D eigenvalue weighted by Gasteiger charge is -2.61. The summed E-state index contributed by atoms with van der Waals surface area (Å²) in [5.41, 5.74) is 2.14. The fraction of sp³-hybridized carbons (Fsp3) is 0.889. The Morgan fingerprint density at radius 3 is 2.69 bits per heavy atom. The molecular weight excluding hydrogens is 170 g/mol. The summed E-state index contributed by atoms with van der Waals surface area (Å²) in [5.74, 6) is -0.145. The molecule has 13 heavy (non-hydrogen) atoms. The Kier molecular flexibility index (Phi) is 1.69. The van der Waals surface area contributed by atoms with Crippen LogP contribution in [0.25, 0.3) is 0 Å². The molecule has 1 spiro atoms. The van der Waals surface area contributed by atoms with Gasteiger partial charge in [-0.2, -0.15) is 0 Å². The normalized spacial score (nSPS) is 40.8. The summed E-state index contributed by atoms with van der Waals surface area (Å²) >= 11 is 0. The van der Waals surface area contributed by atoms with Crippen LogP contribution in [-0.4, -0.2) is 24.2 Å². The fourth-order valence-electron chi connectivity index (χ4n) is 2.14. The van der Waals surface area contributed by atoms with Crippen LogP contribution in [0.3, 0.4) is 0 Å². The third kappa shape index (κ3) is 0.849. The molecule has 74 valence electrons. The van der Waals surface area contributed by atoms with Crippen molar-refractivity contribution in [3.8, 4) is 0 Å². The van der Waals surface area contributed by atoms with Crippen LogP contribution in [0, 0.1) is 5.41 Å². The van der Waals surface area contributed by atoms with Gasteiger partial charge in [0.15, 0.2) is 5.54 Å². The maximum absolute atomic E-state index is 11.3. The number of hydrogen-bond acceptors (Lipinski definition) is 4. The number of hydrogen-bond donors (Lipinski definition) is 1. The highest BCUT2D eigenvalue weighted by molar-refractivity contribution is 5.87. The van der Waals surface area contributed by atoms with Gasteiger partial charge >= 0.3 is 5.97 Å². The van der Waals surface area contributed by atoms with Gasteiger partial charge in [-0.15, -0.1) is 5.48 Å². The molecule has 1 aliphatic heterocycles. The Balaban J connectivity index is 2.09. The molecule has 2 unspecified atom stereocenters. The first-order valence-electron chi connectivity index (χ1n) is 4.64. The van der Waals surface area contributed by atoms with Crippen LogP contribution in [0.1, 0.15) is 27.2 Å². The van der Waals surface area contributed by atoms with Crippen LogP contribution in [0.15, 0.2) is 0 Å². The summed E-state index contributed by atoms with van der Waals surface area (Å²) < 4.78 is 5.52. The Morgan fingerprint density at radius 1 is 1.69 bits per heavy atom. The monoisotopic (exact) mass is 185 g/mol. The second kappa shape index (κ2) is 2.45. The zero-order valence-electron chi connectivity index (χ0n) is 8.22. The van der Waals surface area contributed by atoms with E-state index in [1.807, 2.05) is 20.8 Å². The number of rotatable bonds is 2. The number of nitrogens with one attached hydrogen (secondary N) is 1. The maximum Gasteiger partial charge on any atom is 0.349 e. The van der Waals surface area contributed by atoms with Crippen LogP contribution < -0.4 is 5.48 Å². The number of ether oxygens (including phenoxy) is 1. The van der Waals surface area contributed by atoms with E-state index in [0.717, 1.165) is 6.42 Å². The molecular formula is C9H15NO3. The first-order chi connectivity index (χ1) is 6.04. The molecule has 2 fully saturated rings. The smallest absolute Gasteiger partial charge is 0.349 e. The molecule has 2 aliphatic rings. The van der Waals surface area contributed by atoms with E-state index in [9.17, 15) is 4.79 Å². The summed E-state index contributed by atoms with van der Waals surface area (Å²) in [6, 6.07) is 0. The molecule has 0 radical (unpaired) electrons. The number of hydroxylamine groups is 1. The number of carbonyl (C=O) groups is 1. The Hall–Kier alpha value is -0.610. The first kappa shape index (κ1) is 8.97. The molecule has 2 atom stereocenters. The van der Waals surface area contributed by atoms with Crippen LogP contribution in [0.2, 0.25) is 0 Å². The van der Waals surface area contributed by atoms with Crippen molar-refractivity contribution in [1.82, 2.24) is 5.48 Å². The predicted molar refractivity (Wildman–Crippen MR) is 45.8 cm³/mol. The fourth-order valence-corrected chi connectivity index (χ4v) is 2.14. The lowest BCUT2D eigenvalue weighted by molar-refractivity contribution is -0.268. The van der Waals surface area contributed by atoms with Gasteiger partial charge < -0.3 is 9.57 Å². The maximum atomic E-state index is 11.3. The zero-order chi connectivity index (χ0) is 9.69. The van der Waals surface area contributed by atoms with Crippen molar-refractivity contribution in [2.45, 2.75) is 38.8 Å². The summed E-state index contributed by atoms with van der Waals surface area (Å²) in [5, 5.41) is 0. The molecule has 1 N–H and O–H groups in total. The average molecular weight is 185 g/mol. The standard InChI is InChI=1S/C9H15NO3/c1-4-12-6-5-9(8(6,2)3)7(11)13-10-9/h6,10H,4-5H2,1-3H3. The van der Waals surface area contributed by atoms with E-state index in [0.29, 0.717) is 6.61 Å². The van der Waals surface area contributed by atoms with Gasteiger partial charge in [-0.05, 0) is 6.92 Å². The molecule has 0 aromatic heterocycles. The number of carbonyl (C=O) groups excluding carboxylic acids is 1. The molecule has 1 aliphatic carbocycles. The first-order valence-corrected chi connectivity index (χ1v) is 4.64. The Labute approximate surface area is 77.5 Å². The van der Waals surface area contributed by atoms with Gasteiger partial charge in [0.05, 0.1) is 6.10 Å². The zero-order valence-corrected chi connectivity index (χ0v) is 8.22. The van der Waals surface area contributed by atoms with E-state index in [1.54, 1.807) is 0 Å². The lowest BCUT2D eigenvalue weighted by atomic mass is 9.53. The summed E-state index contributed by atoms with van der Waals surface area (Å²) in [6.45, 7) is 6.72. The Morgan fingerprint density at radius 2 is 2.38 bits per heavy atom. The molecule has 0 aromatic rings. The minimum absolute atomic E-state index is 0.145. The second-order valence-electron chi connectivity index (χ2n) is 4.27. The summed E-state index contributed by atoms with van der Waals surface area (Å²) in [4.78, 5) is 15.9. The van der Waals surface area contributed by atoms with Crippen molar-refractivity contribution in [3.05, 3.63) is 0 Å².